The highest BCUT2D eigenvalue weighted by Gasteiger charge is 2.22. The van der Waals surface area contributed by atoms with Gasteiger partial charge in [-0.3, -0.25) is 4.79 Å². The fourth-order valence-corrected chi connectivity index (χ4v) is 1.52. The highest BCUT2D eigenvalue weighted by atomic mass is 19.1. The summed E-state index contributed by atoms with van der Waals surface area (Å²) in [5.41, 5.74) is -0.893. The van der Waals surface area contributed by atoms with Crippen molar-refractivity contribution >= 4 is 5.91 Å². The van der Waals surface area contributed by atoms with Crippen LogP contribution in [0.1, 0.15) is 22.8 Å². The van der Waals surface area contributed by atoms with E-state index in [0.717, 1.165) is 17.0 Å². The minimum atomic E-state index is -1.08. The third-order valence-electron chi connectivity index (χ3n) is 2.42. The zero-order valence-electron chi connectivity index (χ0n) is 9.78. The maximum absolute atomic E-state index is 13.6. The summed E-state index contributed by atoms with van der Waals surface area (Å²) in [4.78, 5) is 13.0. The number of hydrogen-bond donors (Lipinski definition) is 1. The van der Waals surface area contributed by atoms with Gasteiger partial charge in [-0.1, -0.05) is 0 Å². The highest BCUT2D eigenvalue weighted by Crippen LogP contribution is 2.17. The first-order valence-electron chi connectivity index (χ1n) is 5.34. The molecule has 0 aromatic heterocycles. The minimum Gasteiger partial charge on any atom is -0.395 e. The molecule has 1 aromatic rings. The maximum atomic E-state index is 13.6. The molecule has 1 N–H and O–H groups in total. The number of aliphatic hydroxyl groups excluding tert-OH is 1. The summed E-state index contributed by atoms with van der Waals surface area (Å²) in [6.07, 6.45) is 0. The van der Waals surface area contributed by atoms with E-state index in [1.165, 1.54) is 0 Å². The Hall–Kier alpha value is -2.00. The monoisotopic (exact) mass is 254 g/mol. The van der Waals surface area contributed by atoms with Crippen LogP contribution in [0.3, 0.4) is 0 Å². The summed E-state index contributed by atoms with van der Waals surface area (Å²) in [6.45, 7) is 1.55. The van der Waals surface area contributed by atoms with Crippen LogP contribution in [0.2, 0.25) is 0 Å². The Bertz CT molecular complexity index is 474. The van der Waals surface area contributed by atoms with Crippen molar-refractivity contribution in [3.8, 4) is 6.07 Å². The number of hydrogen-bond acceptors (Lipinski definition) is 3. The Morgan fingerprint density at radius 3 is 2.39 bits per heavy atom. The zero-order valence-corrected chi connectivity index (χ0v) is 9.78. The molecular weight excluding hydrogens is 242 g/mol. The fraction of sp³-hybridized carbons (Fsp3) is 0.333. The van der Waals surface area contributed by atoms with Gasteiger partial charge in [0.1, 0.15) is 17.2 Å². The number of benzene rings is 1. The van der Waals surface area contributed by atoms with Crippen LogP contribution in [-0.2, 0) is 0 Å². The normalized spacial score (nSPS) is 9.94. The van der Waals surface area contributed by atoms with Crippen molar-refractivity contribution in [2.24, 2.45) is 0 Å². The molecule has 0 bridgehead atoms. The summed E-state index contributed by atoms with van der Waals surface area (Å²) in [5.74, 6) is -2.99. The summed E-state index contributed by atoms with van der Waals surface area (Å²) >= 11 is 0. The van der Waals surface area contributed by atoms with Gasteiger partial charge in [-0.15, -0.1) is 0 Å². The Labute approximate surface area is 103 Å². The lowest BCUT2D eigenvalue weighted by Crippen LogP contribution is -2.34. The summed E-state index contributed by atoms with van der Waals surface area (Å²) in [7, 11) is 0. The molecule has 0 saturated heterocycles. The SMILES string of the molecule is CCN(CCO)C(=O)c1c(F)cc(C#N)cc1F. The summed E-state index contributed by atoms with van der Waals surface area (Å²) < 4.78 is 27.2. The van der Waals surface area contributed by atoms with E-state index in [1.807, 2.05) is 0 Å². The van der Waals surface area contributed by atoms with Gasteiger partial charge in [-0.05, 0) is 19.1 Å². The van der Waals surface area contributed by atoms with Crippen molar-refractivity contribution in [1.29, 1.82) is 5.26 Å². The Morgan fingerprint density at radius 1 is 1.44 bits per heavy atom. The molecule has 0 aliphatic heterocycles. The van der Waals surface area contributed by atoms with Crippen LogP contribution < -0.4 is 0 Å². The highest BCUT2D eigenvalue weighted by molar-refractivity contribution is 5.95. The van der Waals surface area contributed by atoms with Gasteiger partial charge in [0.25, 0.3) is 5.91 Å². The van der Waals surface area contributed by atoms with Gasteiger partial charge >= 0.3 is 0 Å². The molecule has 0 fully saturated rings. The van der Waals surface area contributed by atoms with Crippen molar-refractivity contribution in [2.75, 3.05) is 19.7 Å². The molecule has 96 valence electrons. The van der Waals surface area contributed by atoms with E-state index in [-0.39, 0.29) is 25.3 Å². The third kappa shape index (κ3) is 2.81. The molecule has 0 unspecified atom stereocenters. The van der Waals surface area contributed by atoms with E-state index >= 15 is 0 Å². The van der Waals surface area contributed by atoms with Gasteiger partial charge in [0, 0.05) is 13.1 Å². The van der Waals surface area contributed by atoms with E-state index in [0.29, 0.717) is 0 Å². The first kappa shape index (κ1) is 14.1. The summed E-state index contributed by atoms with van der Waals surface area (Å²) in [5, 5.41) is 17.3. The Balaban J connectivity index is 3.17. The number of carbonyl (C=O) groups is 1. The predicted octanol–water partition coefficient (Wildman–Crippen LogP) is 1.29. The Morgan fingerprint density at radius 2 is 2.00 bits per heavy atom. The van der Waals surface area contributed by atoms with Crippen LogP contribution in [0.25, 0.3) is 0 Å². The van der Waals surface area contributed by atoms with Crippen LogP contribution in [0.15, 0.2) is 12.1 Å². The average molecular weight is 254 g/mol. The van der Waals surface area contributed by atoms with Crippen LogP contribution in [0.5, 0.6) is 0 Å². The number of nitrogens with zero attached hydrogens (tertiary/aromatic N) is 2. The van der Waals surface area contributed by atoms with Gasteiger partial charge < -0.3 is 10.0 Å². The largest absolute Gasteiger partial charge is 0.395 e. The fourth-order valence-electron chi connectivity index (χ4n) is 1.52. The molecular formula is C12H12F2N2O2. The van der Waals surface area contributed by atoms with Crippen molar-refractivity contribution in [3.63, 3.8) is 0 Å². The van der Waals surface area contributed by atoms with Crippen molar-refractivity contribution < 1.29 is 18.7 Å². The first-order valence-corrected chi connectivity index (χ1v) is 5.34. The van der Waals surface area contributed by atoms with Gasteiger partial charge in [-0.25, -0.2) is 8.78 Å². The second-order valence-corrected chi connectivity index (χ2v) is 3.54. The van der Waals surface area contributed by atoms with Gasteiger partial charge in [0.2, 0.25) is 0 Å². The number of amides is 1. The minimum absolute atomic E-state index is 0.00574. The van der Waals surface area contributed by atoms with Crippen molar-refractivity contribution in [1.82, 2.24) is 4.90 Å². The molecule has 1 rings (SSSR count). The lowest BCUT2D eigenvalue weighted by Gasteiger charge is -2.20. The molecule has 1 aromatic carbocycles. The molecule has 1 amide bonds. The van der Waals surface area contributed by atoms with Crippen LogP contribution in [0, 0.1) is 23.0 Å². The predicted molar refractivity (Wildman–Crippen MR) is 59.7 cm³/mol. The number of halogens is 2. The van der Waals surface area contributed by atoms with E-state index in [2.05, 4.69) is 0 Å². The van der Waals surface area contributed by atoms with Gasteiger partial charge in [0.15, 0.2) is 0 Å². The molecule has 0 atom stereocenters. The lowest BCUT2D eigenvalue weighted by molar-refractivity contribution is 0.0722. The number of carbonyl (C=O) groups excluding carboxylic acids is 1. The average Bonchev–Trinajstić information content (AvgIpc) is 2.34. The standard InChI is InChI=1S/C12H12F2N2O2/c1-2-16(3-4-17)12(18)11-9(13)5-8(7-15)6-10(11)14/h5-6,17H,2-4H2,1H3. The molecule has 18 heavy (non-hydrogen) atoms. The van der Waals surface area contributed by atoms with E-state index < -0.39 is 23.1 Å². The number of aliphatic hydroxyl groups is 1. The lowest BCUT2D eigenvalue weighted by atomic mass is 10.1. The molecule has 0 spiro atoms. The Kier molecular flexibility index (Phi) is 4.75. The quantitative estimate of drug-likeness (QED) is 0.880. The molecule has 6 heteroatoms. The molecule has 0 radical (unpaired) electrons. The number of rotatable bonds is 4. The van der Waals surface area contributed by atoms with Crippen molar-refractivity contribution in [2.45, 2.75) is 6.92 Å². The zero-order chi connectivity index (χ0) is 13.7. The van der Waals surface area contributed by atoms with Crippen molar-refractivity contribution in [3.05, 3.63) is 34.9 Å². The smallest absolute Gasteiger partial charge is 0.259 e. The van der Waals surface area contributed by atoms with Crippen LogP contribution >= 0.6 is 0 Å². The molecule has 0 saturated carbocycles. The van der Waals surface area contributed by atoms with Crippen LogP contribution in [-0.4, -0.2) is 35.6 Å². The molecule has 0 heterocycles. The summed E-state index contributed by atoms with van der Waals surface area (Å²) in [6, 6.07) is 3.22. The van der Waals surface area contributed by atoms with E-state index in [1.54, 1.807) is 13.0 Å². The second-order valence-electron chi connectivity index (χ2n) is 3.54. The molecule has 0 aliphatic carbocycles. The molecule has 0 aliphatic rings. The topological polar surface area (TPSA) is 64.3 Å². The van der Waals surface area contributed by atoms with Gasteiger partial charge in [-0.2, -0.15) is 5.26 Å². The second kappa shape index (κ2) is 6.07. The van der Waals surface area contributed by atoms with E-state index in [9.17, 15) is 13.6 Å². The molecule has 4 nitrogen and oxygen atoms in total. The first-order chi connectivity index (χ1) is 8.54. The van der Waals surface area contributed by atoms with E-state index in [4.69, 9.17) is 10.4 Å². The maximum Gasteiger partial charge on any atom is 0.259 e. The third-order valence-corrected chi connectivity index (χ3v) is 2.42. The number of likely N-dealkylation sites (N-methyl/N-ethyl adjacent to an activating group) is 1. The van der Waals surface area contributed by atoms with Gasteiger partial charge in [0.05, 0.1) is 18.2 Å². The van der Waals surface area contributed by atoms with Crippen LogP contribution in [0.4, 0.5) is 8.78 Å². The number of nitriles is 1.